The molecule has 0 aliphatic heterocycles. The van der Waals surface area contributed by atoms with E-state index in [9.17, 15) is 27.2 Å². The normalized spacial score (nSPS) is 13.9. The zero-order valence-electron chi connectivity index (χ0n) is 17.8. The number of hydrogen-bond acceptors (Lipinski definition) is 4. The Bertz CT molecular complexity index is 1510. The Kier molecular flexibility index (Phi) is 5.59. The molecule has 180 valence electrons. The second kappa shape index (κ2) is 8.49. The average molecular weight is 506 g/mol. The molecule has 1 amide bonds. The summed E-state index contributed by atoms with van der Waals surface area (Å²) in [5, 5.41) is 11.4. The largest absolute Gasteiger partial charge is 0.416 e. The van der Waals surface area contributed by atoms with Crippen molar-refractivity contribution < 1.29 is 22.4 Å². The molecule has 35 heavy (non-hydrogen) atoms. The number of carbonyl (C=O) groups is 1. The molecular weight excluding hydrogens is 490 g/mol. The number of nitrogens with one attached hydrogen (secondary N) is 1. The fourth-order valence-electron chi connectivity index (χ4n) is 3.76. The molecule has 1 aliphatic rings. The number of halogens is 5. The molecule has 0 unspecified atom stereocenters. The van der Waals surface area contributed by atoms with Crippen LogP contribution < -0.4 is 10.9 Å². The lowest BCUT2D eigenvalue weighted by molar-refractivity contribution is -0.137. The highest BCUT2D eigenvalue weighted by atomic mass is 35.5. The van der Waals surface area contributed by atoms with Crippen molar-refractivity contribution in [1.29, 1.82) is 0 Å². The lowest BCUT2D eigenvalue weighted by Gasteiger charge is -2.13. The third-order valence-corrected chi connectivity index (χ3v) is 5.94. The summed E-state index contributed by atoms with van der Waals surface area (Å²) in [4.78, 5) is 26.0. The minimum atomic E-state index is -4.62. The second-order valence-corrected chi connectivity index (χ2v) is 8.57. The molecule has 0 saturated heterocycles. The van der Waals surface area contributed by atoms with Gasteiger partial charge in [-0.3, -0.25) is 9.59 Å². The first kappa shape index (κ1) is 23.0. The van der Waals surface area contributed by atoms with Crippen molar-refractivity contribution in [2.45, 2.75) is 31.5 Å². The van der Waals surface area contributed by atoms with Crippen LogP contribution >= 0.6 is 11.6 Å². The van der Waals surface area contributed by atoms with Gasteiger partial charge in [-0.1, -0.05) is 11.6 Å². The van der Waals surface area contributed by atoms with E-state index in [1.807, 2.05) is 0 Å². The summed E-state index contributed by atoms with van der Waals surface area (Å²) in [6.45, 7) is -0.560. The molecule has 2 aromatic carbocycles. The van der Waals surface area contributed by atoms with Crippen LogP contribution in [-0.4, -0.2) is 25.5 Å². The van der Waals surface area contributed by atoms with Crippen LogP contribution in [0.4, 0.5) is 23.2 Å². The molecule has 1 N–H and O–H groups in total. The SMILES string of the molecule is O=C(Cn1nc(C2CC2)c2cnn(-c3ccc(F)cc3)c2c1=O)Nc1cc(C(F)(F)F)ccc1Cl. The number of fused-ring (bicyclic) bond motifs is 1. The first-order chi connectivity index (χ1) is 16.6. The van der Waals surface area contributed by atoms with Gasteiger partial charge in [0, 0.05) is 11.3 Å². The fraction of sp³-hybridized carbons (Fsp3) is 0.217. The van der Waals surface area contributed by atoms with Crippen LogP contribution in [-0.2, 0) is 17.5 Å². The van der Waals surface area contributed by atoms with Gasteiger partial charge >= 0.3 is 6.18 Å². The zero-order chi connectivity index (χ0) is 24.9. The molecule has 7 nitrogen and oxygen atoms in total. The molecule has 2 aromatic heterocycles. The maximum Gasteiger partial charge on any atom is 0.416 e. The van der Waals surface area contributed by atoms with Gasteiger partial charge in [0.2, 0.25) is 5.91 Å². The lowest BCUT2D eigenvalue weighted by Crippen LogP contribution is -2.31. The van der Waals surface area contributed by atoms with Crippen molar-refractivity contribution in [2.75, 3.05) is 5.32 Å². The topological polar surface area (TPSA) is 81.8 Å². The van der Waals surface area contributed by atoms with Crippen molar-refractivity contribution >= 4 is 34.1 Å². The van der Waals surface area contributed by atoms with Crippen molar-refractivity contribution in [3.63, 3.8) is 0 Å². The molecule has 0 atom stereocenters. The molecule has 1 fully saturated rings. The number of rotatable bonds is 5. The lowest BCUT2D eigenvalue weighted by atomic mass is 10.2. The van der Waals surface area contributed by atoms with E-state index < -0.39 is 35.6 Å². The summed E-state index contributed by atoms with van der Waals surface area (Å²) in [7, 11) is 0. The van der Waals surface area contributed by atoms with Gasteiger partial charge in [-0.05, 0) is 55.3 Å². The minimum absolute atomic E-state index is 0.0878. The van der Waals surface area contributed by atoms with Crippen molar-refractivity contribution in [3.05, 3.63) is 81.1 Å². The van der Waals surface area contributed by atoms with E-state index in [0.29, 0.717) is 16.8 Å². The van der Waals surface area contributed by atoms with E-state index in [-0.39, 0.29) is 22.1 Å². The third-order valence-electron chi connectivity index (χ3n) is 5.61. The van der Waals surface area contributed by atoms with E-state index in [0.717, 1.165) is 35.7 Å². The maximum atomic E-state index is 13.4. The Hall–Kier alpha value is -3.73. The highest BCUT2D eigenvalue weighted by Gasteiger charge is 2.32. The summed E-state index contributed by atoms with van der Waals surface area (Å²) >= 11 is 5.96. The molecule has 5 rings (SSSR count). The highest BCUT2D eigenvalue weighted by molar-refractivity contribution is 6.33. The summed E-state index contributed by atoms with van der Waals surface area (Å²) in [6, 6.07) is 7.95. The van der Waals surface area contributed by atoms with Gasteiger partial charge in [-0.15, -0.1) is 0 Å². The molecule has 2 heterocycles. The van der Waals surface area contributed by atoms with Gasteiger partial charge in [-0.25, -0.2) is 13.8 Å². The van der Waals surface area contributed by atoms with Gasteiger partial charge in [0.25, 0.3) is 5.56 Å². The van der Waals surface area contributed by atoms with E-state index in [1.165, 1.54) is 35.1 Å². The Balaban J connectivity index is 1.52. The Labute approximate surface area is 199 Å². The average Bonchev–Trinajstić information content (AvgIpc) is 3.55. The van der Waals surface area contributed by atoms with Gasteiger partial charge in [0.05, 0.1) is 33.9 Å². The van der Waals surface area contributed by atoms with Crippen molar-refractivity contribution in [2.24, 2.45) is 0 Å². The fourth-order valence-corrected chi connectivity index (χ4v) is 3.92. The Morgan fingerprint density at radius 1 is 1.14 bits per heavy atom. The number of anilines is 1. The van der Waals surface area contributed by atoms with Gasteiger partial charge < -0.3 is 5.32 Å². The van der Waals surface area contributed by atoms with Crippen LogP contribution in [0, 0.1) is 5.82 Å². The first-order valence-electron chi connectivity index (χ1n) is 10.5. The highest BCUT2D eigenvalue weighted by Crippen LogP contribution is 2.41. The number of hydrogen-bond donors (Lipinski definition) is 1. The molecular formula is C23H16ClF4N5O2. The van der Waals surface area contributed by atoms with Crippen molar-refractivity contribution in [1.82, 2.24) is 19.6 Å². The van der Waals surface area contributed by atoms with Crippen molar-refractivity contribution in [3.8, 4) is 5.69 Å². The molecule has 0 radical (unpaired) electrons. The summed E-state index contributed by atoms with van der Waals surface area (Å²) in [6.07, 6.45) is -1.40. The predicted molar refractivity (Wildman–Crippen MR) is 120 cm³/mol. The van der Waals surface area contributed by atoms with Gasteiger partial charge in [-0.2, -0.15) is 23.4 Å². The van der Waals surface area contributed by atoms with Gasteiger partial charge in [0.1, 0.15) is 17.9 Å². The van der Waals surface area contributed by atoms with E-state index >= 15 is 0 Å². The van der Waals surface area contributed by atoms with Crippen LogP contribution in [0.1, 0.15) is 30.0 Å². The summed E-state index contributed by atoms with van der Waals surface area (Å²) < 4.78 is 54.8. The molecule has 0 spiro atoms. The Morgan fingerprint density at radius 2 is 1.86 bits per heavy atom. The molecule has 4 aromatic rings. The molecule has 1 saturated carbocycles. The smallest absolute Gasteiger partial charge is 0.323 e. The monoisotopic (exact) mass is 505 g/mol. The first-order valence-corrected chi connectivity index (χ1v) is 10.9. The van der Waals surface area contributed by atoms with E-state index in [4.69, 9.17) is 11.6 Å². The van der Waals surface area contributed by atoms with Gasteiger partial charge in [0.15, 0.2) is 0 Å². The predicted octanol–water partition coefficient (Wildman–Crippen LogP) is 4.91. The van der Waals surface area contributed by atoms with Crippen LogP contribution in [0.15, 0.2) is 53.5 Å². The standard InChI is InChI=1S/C23H16ClF4N5O2/c24-17-8-3-13(23(26,27)28)9-18(17)30-19(34)11-32-22(35)21-16(20(31-32)12-1-2-12)10-29-33(21)15-6-4-14(25)5-7-15/h3-10,12H,1-2,11H2,(H,30,34). The molecule has 1 aliphatic carbocycles. The number of amides is 1. The van der Waals surface area contributed by atoms with Crippen LogP contribution in [0.5, 0.6) is 0 Å². The number of benzene rings is 2. The van der Waals surface area contributed by atoms with Crippen LogP contribution in [0.3, 0.4) is 0 Å². The second-order valence-electron chi connectivity index (χ2n) is 8.16. The minimum Gasteiger partial charge on any atom is -0.323 e. The van der Waals surface area contributed by atoms with Crippen LogP contribution in [0.2, 0.25) is 5.02 Å². The number of aromatic nitrogens is 4. The maximum absolute atomic E-state index is 13.4. The number of carbonyl (C=O) groups excluding carboxylic acids is 1. The Morgan fingerprint density at radius 3 is 2.51 bits per heavy atom. The number of nitrogens with zero attached hydrogens (tertiary/aromatic N) is 4. The van der Waals surface area contributed by atoms with E-state index in [1.54, 1.807) is 0 Å². The summed E-state index contributed by atoms with van der Waals surface area (Å²) in [5.74, 6) is -1.14. The van der Waals surface area contributed by atoms with E-state index in [2.05, 4.69) is 15.5 Å². The third kappa shape index (κ3) is 4.51. The van der Waals surface area contributed by atoms with Crippen LogP contribution in [0.25, 0.3) is 16.6 Å². The zero-order valence-corrected chi connectivity index (χ0v) is 18.6. The molecule has 0 bridgehead atoms. The summed E-state index contributed by atoms with van der Waals surface area (Å²) in [5.41, 5.74) is -0.640. The quantitative estimate of drug-likeness (QED) is 0.391. The number of alkyl halides is 3. The molecule has 12 heteroatoms.